The highest BCUT2D eigenvalue weighted by molar-refractivity contribution is 7.86. The Balaban J connectivity index is 0. The summed E-state index contributed by atoms with van der Waals surface area (Å²) in [5.41, 5.74) is -2.80. The van der Waals surface area contributed by atoms with Crippen LogP contribution in [0.5, 0.6) is 0 Å². The maximum atomic E-state index is 10.7. The van der Waals surface area contributed by atoms with Crippen LogP contribution >= 0.6 is 0 Å². The molecule has 0 rings (SSSR count). The average molecular weight is 390 g/mol. The maximum absolute atomic E-state index is 10.7. The Hall–Kier alpha value is -0.673. The van der Waals surface area contributed by atoms with E-state index in [-0.39, 0.29) is 0 Å². The van der Waals surface area contributed by atoms with Gasteiger partial charge in [0.05, 0.1) is 0 Å². The molecule has 144 valence electrons. The smallest absolute Gasteiger partial charge is 0.485 e. The minimum Gasteiger partial charge on any atom is -0.741 e. The van der Waals surface area contributed by atoms with Crippen molar-refractivity contribution in [3.05, 3.63) is 12.2 Å². The molecule has 0 aromatic rings. The molecule has 0 saturated heterocycles. The predicted octanol–water partition coefficient (Wildman–Crippen LogP) is 4.22. The Morgan fingerprint density at radius 1 is 1.21 bits per heavy atom. The first-order valence-electron chi connectivity index (χ1n) is 7.64. The van der Waals surface area contributed by atoms with Gasteiger partial charge in [-0.1, -0.05) is 31.8 Å². The molecule has 0 spiro atoms. The Bertz CT molecular complexity index is 543. The standard InChI is InChI=1S/C14H30NSi.CHF3O3S/c1-12(2)15(13(3)4)10-9-14(5)11-16(6,7)8;2-1(3,4)8(5,6)7/h12H,5,9-11H2,1-4,6-8H3;(H,5,6,7)/q+1;/p-1. The Morgan fingerprint density at radius 2 is 1.58 bits per heavy atom. The van der Waals surface area contributed by atoms with E-state index in [0.717, 1.165) is 13.0 Å². The third-order valence-corrected chi connectivity index (χ3v) is 5.10. The summed E-state index contributed by atoms with van der Waals surface area (Å²) < 4.78 is 61.4. The van der Waals surface area contributed by atoms with E-state index < -0.39 is 23.7 Å². The van der Waals surface area contributed by atoms with E-state index in [0.29, 0.717) is 6.04 Å². The van der Waals surface area contributed by atoms with Gasteiger partial charge in [0.15, 0.2) is 10.1 Å². The summed E-state index contributed by atoms with van der Waals surface area (Å²) in [6, 6.07) is 1.87. The molecular formula is C15H30F3NO3SSi. The minimum absolute atomic E-state index is 0.602. The molecule has 0 aliphatic heterocycles. The lowest BCUT2D eigenvalue weighted by atomic mass is 10.2. The first kappa shape index (κ1) is 25.6. The molecule has 0 amide bonds. The van der Waals surface area contributed by atoms with Gasteiger partial charge in [0.2, 0.25) is 0 Å². The van der Waals surface area contributed by atoms with Gasteiger partial charge in [0.25, 0.3) is 0 Å². The molecule has 4 nitrogen and oxygen atoms in total. The van der Waals surface area contributed by atoms with Crippen LogP contribution in [0.1, 0.15) is 34.1 Å². The zero-order chi connectivity index (χ0) is 19.9. The summed E-state index contributed by atoms with van der Waals surface area (Å²) in [7, 11) is -7.06. The van der Waals surface area contributed by atoms with Crippen LogP contribution in [0.25, 0.3) is 0 Å². The Labute approximate surface area is 145 Å². The van der Waals surface area contributed by atoms with Gasteiger partial charge < -0.3 is 4.55 Å². The van der Waals surface area contributed by atoms with Crippen molar-refractivity contribution in [3.63, 3.8) is 0 Å². The molecule has 0 fully saturated rings. The van der Waals surface area contributed by atoms with Crippen molar-refractivity contribution in [1.82, 2.24) is 0 Å². The summed E-state index contributed by atoms with van der Waals surface area (Å²) in [4.78, 5) is 0. The largest absolute Gasteiger partial charge is 0.741 e. The fourth-order valence-electron chi connectivity index (χ4n) is 2.12. The lowest BCUT2D eigenvalue weighted by Crippen LogP contribution is -2.27. The topological polar surface area (TPSA) is 60.2 Å². The Kier molecular flexibility index (Phi) is 10.4. The average Bonchev–Trinajstić information content (AvgIpc) is 2.23. The van der Waals surface area contributed by atoms with Crippen molar-refractivity contribution >= 4 is 23.9 Å². The van der Waals surface area contributed by atoms with E-state index in [1.54, 1.807) is 0 Å². The first-order chi connectivity index (χ1) is 10.4. The highest BCUT2D eigenvalue weighted by atomic mass is 32.2. The molecule has 0 saturated carbocycles. The molecule has 0 N–H and O–H groups in total. The molecular weight excluding hydrogens is 359 g/mol. The van der Waals surface area contributed by atoms with Crippen molar-refractivity contribution in [2.75, 3.05) is 6.54 Å². The lowest BCUT2D eigenvalue weighted by Gasteiger charge is -2.17. The third kappa shape index (κ3) is 12.7. The van der Waals surface area contributed by atoms with Gasteiger partial charge in [-0.2, -0.15) is 13.2 Å². The van der Waals surface area contributed by atoms with Crippen molar-refractivity contribution in [3.8, 4) is 0 Å². The molecule has 0 aliphatic rings. The number of hydrogen-bond donors (Lipinski definition) is 0. The highest BCUT2D eigenvalue weighted by Gasteiger charge is 2.36. The van der Waals surface area contributed by atoms with Crippen LogP contribution in [0.2, 0.25) is 25.7 Å². The zero-order valence-corrected chi connectivity index (χ0v) is 17.4. The van der Waals surface area contributed by atoms with Crippen LogP contribution in [-0.4, -0.2) is 49.4 Å². The fraction of sp³-hybridized carbons (Fsp3) is 0.800. The van der Waals surface area contributed by atoms with Crippen LogP contribution in [0.3, 0.4) is 0 Å². The number of halogens is 3. The molecule has 0 aliphatic carbocycles. The quantitative estimate of drug-likeness (QED) is 0.171. The fourth-order valence-corrected chi connectivity index (χ4v) is 3.79. The molecule has 0 bridgehead atoms. The maximum Gasteiger partial charge on any atom is 0.485 e. The lowest BCUT2D eigenvalue weighted by molar-refractivity contribution is -0.558. The van der Waals surface area contributed by atoms with Crippen molar-refractivity contribution in [1.29, 1.82) is 0 Å². The summed E-state index contributed by atoms with van der Waals surface area (Å²) >= 11 is 0. The molecule has 0 unspecified atom stereocenters. The number of hydrogen-bond acceptors (Lipinski definition) is 3. The van der Waals surface area contributed by atoms with Crippen molar-refractivity contribution in [2.45, 2.75) is 71.4 Å². The van der Waals surface area contributed by atoms with Crippen LogP contribution in [0.4, 0.5) is 13.2 Å². The van der Waals surface area contributed by atoms with Crippen LogP contribution < -0.4 is 0 Å². The van der Waals surface area contributed by atoms with Gasteiger partial charge >= 0.3 is 5.51 Å². The molecule has 0 aromatic carbocycles. The summed E-state index contributed by atoms with van der Waals surface area (Å²) in [6.45, 7) is 21.5. The monoisotopic (exact) mass is 389 g/mol. The molecule has 0 aromatic heterocycles. The van der Waals surface area contributed by atoms with Gasteiger partial charge in [0, 0.05) is 28.3 Å². The second-order valence-electron chi connectivity index (χ2n) is 7.37. The SMILES string of the molecule is C=C(CC[N+](=C(C)C)C(C)C)C[Si](C)(C)C.O=S(=O)([O-])C(F)(F)F. The summed E-state index contributed by atoms with van der Waals surface area (Å²) in [5.74, 6) is 0. The molecule has 0 radical (unpaired) electrons. The molecule has 0 heterocycles. The van der Waals surface area contributed by atoms with Gasteiger partial charge in [-0.15, -0.1) is 0 Å². The molecule has 9 heteroatoms. The molecule has 0 atom stereocenters. The Morgan fingerprint density at radius 3 is 1.79 bits per heavy atom. The minimum atomic E-state index is -6.09. The predicted molar refractivity (Wildman–Crippen MR) is 94.3 cm³/mol. The van der Waals surface area contributed by atoms with Gasteiger partial charge in [-0.05, 0) is 19.9 Å². The van der Waals surface area contributed by atoms with Gasteiger partial charge in [-0.3, -0.25) is 0 Å². The van der Waals surface area contributed by atoms with Gasteiger partial charge in [-0.25, -0.2) is 13.0 Å². The van der Waals surface area contributed by atoms with Crippen LogP contribution in [-0.2, 0) is 10.1 Å². The van der Waals surface area contributed by atoms with E-state index in [4.69, 9.17) is 13.0 Å². The van der Waals surface area contributed by atoms with Gasteiger partial charge in [0.1, 0.15) is 18.3 Å². The highest BCUT2D eigenvalue weighted by Crippen LogP contribution is 2.20. The normalized spacial score (nSPS) is 12.5. The third-order valence-electron chi connectivity index (χ3n) is 2.97. The zero-order valence-electron chi connectivity index (χ0n) is 15.6. The number of nitrogens with zero attached hydrogens (tertiary/aromatic N) is 1. The number of alkyl halides is 3. The van der Waals surface area contributed by atoms with Crippen LogP contribution in [0.15, 0.2) is 12.2 Å². The second kappa shape index (κ2) is 9.72. The van der Waals surface area contributed by atoms with Crippen LogP contribution in [0, 0.1) is 0 Å². The van der Waals surface area contributed by atoms with Crippen molar-refractivity contribution < 1.29 is 30.7 Å². The summed E-state index contributed by atoms with van der Waals surface area (Å²) in [6.07, 6.45) is 1.15. The summed E-state index contributed by atoms with van der Waals surface area (Å²) in [5, 5.41) is 0. The first-order valence-corrected chi connectivity index (χ1v) is 12.8. The van der Waals surface area contributed by atoms with Crippen molar-refractivity contribution in [2.24, 2.45) is 0 Å². The van der Waals surface area contributed by atoms with E-state index in [2.05, 4.69) is 58.5 Å². The van der Waals surface area contributed by atoms with E-state index in [9.17, 15) is 13.2 Å². The number of rotatable bonds is 6. The van der Waals surface area contributed by atoms with E-state index >= 15 is 0 Å². The second-order valence-corrected chi connectivity index (χ2v) is 14.2. The molecule has 24 heavy (non-hydrogen) atoms. The van der Waals surface area contributed by atoms with E-state index in [1.165, 1.54) is 17.3 Å². The van der Waals surface area contributed by atoms with E-state index in [1.807, 2.05) is 0 Å².